The molecule has 0 saturated heterocycles. The summed E-state index contributed by atoms with van der Waals surface area (Å²) in [4.78, 5) is 25.8. The minimum atomic E-state index is -0.143. The van der Waals surface area contributed by atoms with E-state index < -0.39 is 0 Å². The Balaban J connectivity index is 2.23. The van der Waals surface area contributed by atoms with E-state index in [1.165, 1.54) is 16.2 Å². The molecule has 21 heavy (non-hydrogen) atoms. The van der Waals surface area contributed by atoms with E-state index in [-0.39, 0.29) is 18.2 Å². The fraction of sp³-hybridized carbons (Fsp3) is 0.333. The molecule has 1 aromatic carbocycles. The van der Waals surface area contributed by atoms with Gasteiger partial charge in [-0.15, -0.1) is 11.3 Å². The summed E-state index contributed by atoms with van der Waals surface area (Å²) in [6.07, 6.45) is 0.280. The number of aryl methyl sites for hydroxylation is 1. The largest absolute Gasteiger partial charge is 0.397 e. The first-order valence-corrected chi connectivity index (χ1v) is 7.50. The Labute approximate surface area is 127 Å². The molecule has 0 unspecified atom stereocenters. The third-order valence-electron chi connectivity index (χ3n) is 3.38. The minimum Gasteiger partial charge on any atom is -0.397 e. The Morgan fingerprint density at radius 3 is 2.76 bits per heavy atom. The number of benzene rings is 1. The summed E-state index contributed by atoms with van der Waals surface area (Å²) in [5.41, 5.74) is 7.75. The van der Waals surface area contributed by atoms with Gasteiger partial charge in [-0.2, -0.15) is 0 Å². The van der Waals surface area contributed by atoms with Crippen LogP contribution in [0.25, 0.3) is 10.1 Å². The second-order valence-corrected chi connectivity index (χ2v) is 6.05. The molecule has 2 rings (SSSR count). The highest BCUT2D eigenvalue weighted by Gasteiger charge is 2.20. The molecule has 0 saturated carbocycles. The number of hydrogen-bond donors (Lipinski definition) is 2. The molecule has 1 heterocycles. The summed E-state index contributed by atoms with van der Waals surface area (Å²) >= 11 is 1.39. The second kappa shape index (κ2) is 6.13. The van der Waals surface area contributed by atoms with Gasteiger partial charge in [0.1, 0.15) is 4.88 Å². The van der Waals surface area contributed by atoms with Crippen LogP contribution in [0.5, 0.6) is 0 Å². The van der Waals surface area contributed by atoms with Gasteiger partial charge in [0.2, 0.25) is 5.91 Å². The van der Waals surface area contributed by atoms with Crippen molar-refractivity contribution in [1.29, 1.82) is 0 Å². The van der Waals surface area contributed by atoms with Gasteiger partial charge in [-0.05, 0) is 19.1 Å². The third kappa shape index (κ3) is 3.16. The predicted octanol–water partition coefficient (Wildman–Crippen LogP) is 2.00. The number of nitrogen functional groups attached to an aromatic ring is 1. The van der Waals surface area contributed by atoms with Crippen molar-refractivity contribution in [3.63, 3.8) is 0 Å². The lowest BCUT2D eigenvalue weighted by Gasteiger charge is -2.16. The molecule has 0 bridgehead atoms. The Hall–Kier alpha value is -2.08. The molecular formula is C15H19N3O2S. The first-order valence-electron chi connectivity index (χ1n) is 6.68. The molecule has 1 aromatic heterocycles. The fourth-order valence-electron chi connectivity index (χ4n) is 2.06. The van der Waals surface area contributed by atoms with E-state index in [1.54, 1.807) is 14.1 Å². The number of nitrogens with two attached hydrogens (primary N) is 1. The summed E-state index contributed by atoms with van der Waals surface area (Å²) in [7, 11) is 3.26. The Kier molecular flexibility index (Phi) is 4.47. The highest BCUT2D eigenvalue weighted by Crippen LogP contribution is 2.34. The van der Waals surface area contributed by atoms with Gasteiger partial charge in [0, 0.05) is 37.1 Å². The van der Waals surface area contributed by atoms with Crippen LogP contribution in [0.1, 0.15) is 21.7 Å². The van der Waals surface area contributed by atoms with E-state index in [0.717, 1.165) is 15.6 Å². The summed E-state index contributed by atoms with van der Waals surface area (Å²) in [6, 6.07) is 5.97. The van der Waals surface area contributed by atoms with Crippen molar-refractivity contribution in [3.05, 3.63) is 28.6 Å². The number of nitrogens with one attached hydrogen (secondary N) is 1. The maximum Gasteiger partial charge on any atom is 0.265 e. The first kappa shape index (κ1) is 15.3. The van der Waals surface area contributed by atoms with E-state index in [2.05, 4.69) is 5.32 Å². The normalized spacial score (nSPS) is 10.6. The van der Waals surface area contributed by atoms with E-state index in [4.69, 9.17) is 5.73 Å². The average molecular weight is 305 g/mol. The van der Waals surface area contributed by atoms with Gasteiger partial charge in [-0.1, -0.05) is 11.6 Å². The van der Waals surface area contributed by atoms with Crippen LogP contribution in [0, 0.1) is 6.92 Å². The molecule has 0 aliphatic rings. The standard InChI is InChI=1S/C15H19N3O2S/c1-9-4-5-11-10(8-9)13(16)14(21-11)15(20)18(3)7-6-12(19)17-2/h4-5,8H,6-7,16H2,1-3H3,(H,17,19). The van der Waals surface area contributed by atoms with Crippen LogP contribution in [0.2, 0.25) is 0 Å². The van der Waals surface area contributed by atoms with Crippen LogP contribution in [0.15, 0.2) is 18.2 Å². The van der Waals surface area contributed by atoms with Crippen LogP contribution in [-0.2, 0) is 4.79 Å². The molecule has 0 aliphatic heterocycles. The lowest BCUT2D eigenvalue weighted by Crippen LogP contribution is -2.31. The molecular weight excluding hydrogens is 286 g/mol. The Bertz CT molecular complexity index is 694. The van der Waals surface area contributed by atoms with Gasteiger partial charge < -0.3 is 16.0 Å². The van der Waals surface area contributed by atoms with Gasteiger partial charge in [0.25, 0.3) is 5.91 Å². The van der Waals surface area contributed by atoms with Gasteiger partial charge in [-0.25, -0.2) is 0 Å². The van der Waals surface area contributed by atoms with E-state index in [1.807, 2.05) is 25.1 Å². The maximum absolute atomic E-state index is 12.4. The quantitative estimate of drug-likeness (QED) is 0.907. The number of anilines is 1. The number of amides is 2. The summed E-state index contributed by atoms with van der Waals surface area (Å²) in [6.45, 7) is 2.36. The van der Waals surface area contributed by atoms with Crippen molar-refractivity contribution in [3.8, 4) is 0 Å². The van der Waals surface area contributed by atoms with Crippen molar-refractivity contribution >= 4 is 38.9 Å². The number of carbonyl (C=O) groups excluding carboxylic acids is 2. The highest BCUT2D eigenvalue weighted by atomic mass is 32.1. The summed E-state index contributed by atoms with van der Waals surface area (Å²) < 4.78 is 1.00. The molecule has 0 spiro atoms. The van der Waals surface area contributed by atoms with Gasteiger partial charge in [-0.3, -0.25) is 9.59 Å². The van der Waals surface area contributed by atoms with Gasteiger partial charge in [0.05, 0.1) is 5.69 Å². The number of carbonyl (C=O) groups is 2. The third-order valence-corrected chi connectivity index (χ3v) is 4.55. The van der Waals surface area contributed by atoms with Crippen LogP contribution in [0.3, 0.4) is 0 Å². The number of nitrogens with zero attached hydrogens (tertiary/aromatic N) is 1. The zero-order valence-electron chi connectivity index (χ0n) is 12.4. The van der Waals surface area contributed by atoms with E-state index in [9.17, 15) is 9.59 Å². The zero-order valence-corrected chi connectivity index (χ0v) is 13.2. The van der Waals surface area contributed by atoms with Gasteiger partial charge >= 0.3 is 0 Å². The maximum atomic E-state index is 12.4. The Morgan fingerprint density at radius 2 is 2.10 bits per heavy atom. The summed E-state index contributed by atoms with van der Waals surface area (Å²) in [5.74, 6) is -0.232. The number of fused-ring (bicyclic) bond motifs is 1. The molecule has 6 heteroatoms. The second-order valence-electron chi connectivity index (χ2n) is 4.99. The molecule has 112 valence electrons. The summed E-state index contributed by atoms with van der Waals surface area (Å²) in [5, 5.41) is 3.46. The van der Waals surface area contributed by atoms with Gasteiger partial charge in [0.15, 0.2) is 0 Å². The molecule has 0 aliphatic carbocycles. The van der Waals surface area contributed by atoms with Crippen LogP contribution >= 0.6 is 11.3 Å². The van der Waals surface area contributed by atoms with E-state index in [0.29, 0.717) is 17.1 Å². The number of rotatable bonds is 4. The molecule has 2 amide bonds. The number of hydrogen-bond acceptors (Lipinski definition) is 4. The highest BCUT2D eigenvalue weighted by molar-refractivity contribution is 7.21. The van der Waals surface area contributed by atoms with E-state index >= 15 is 0 Å². The first-order chi connectivity index (χ1) is 9.93. The van der Waals surface area contributed by atoms with Crippen molar-refractivity contribution in [2.45, 2.75) is 13.3 Å². The molecule has 0 atom stereocenters. The lowest BCUT2D eigenvalue weighted by molar-refractivity contribution is -0.120. The smallest absolute Gasteiger partial charge is 0.265 e. The lowest BCUT2D eigenvalue weighted by atomic mass is 10.1. The SMILES string of the molecule is CNC(=O)CCN(C)C(=O)c1sc2ccc(C)cc2c1N. The molecule has 2 aromatic rings. The molecule has 0 radical (unpaired) electrons. The van der Waals surface area contributed by atoms with Crippen LogP contribution < -0.4 is 11.1 Å². The van der Waals surface area contributed by atoms with Crippen molar-refractivity contribution < 1.29 is 9.59 Å². The monoisotopic (exact) mass is 305 g/mol. The van der Waals surface area contributed by atoms with Crippen molar-refractivity contribution in [2.24, 2.45) is 0 Å². The zero-order chi connectivity index (χ0) is 15.6. The van der Waals surface area contributed by atoms with Crippen molar-refractivity contribution in [2.75, 3.05) is 26.4 Å². The van der Waals surface area contributed by atoms with Crippen LogP contribution in [0.4, 0.5) is 5.69 Å². The average Bonchev–Trinajstić information content (AvgIpc) is 2.80. The molecule has 0 fully saturated rings. The minimum absolute atomic E-state index is 0.0883. The fourth-order valence-corrected chi connectivity index (χ4v) is 3.16. The molecule has 5 nitrogen and oxygen atoms in total. The predicted molar refractivity (Wildman–Crippen MR) is 86.6 cm³/mol. The molecule has 3 N–H and O–H groups in total. The topological polar surface area (TPSA) is 75.4 Å². The van der Waals surface area contributed by atoms with Crippen molar-refractivity contribution in [1.82, 2.24) is 10.2 Å². The Morgan fingerprint density at radius 1 is 1.38 bits per heavy atom. The number of thiophene rings is 1. The van der Waals surface area contributed by atoms with Crippen LogP contribution in [-0.4, -0.2) is 37.4 Å².